The van der Waals surface area contributed by atoms with Gasteiger partial charge in [-0.2, -0.15) is 5.26 Å². The summed E-state index contributed by atoms with van der Waals surface area (Å²) in [5.41, 5.74) is 5.67. The summed E-state index contributed by atoms with van der Waals surface area (Å²) in [5, 5.41) is 11.7. The van der Waals surface area contributed by atoms with Crippen molar-refractivity contribution in [3.05, 3.63) is 11.8 Å². The van der Waals surface area contributed by atoms with E-state index < -0.39 is 0 Å². The Morgan fingerprint density at radius 2 is 2.10 bits per heavy atom. The van der Waals surface area contributed by atoms with Crippen molar-refractivity contribution in [1.82, 2.24) is 15.1 Å². The quantitative estimate of drug-likeness (QED) is 0.292. The molecule has 0 bridgehead atoms. The van der Waals surface area contributed by atoms with Crippen molar-refractivity contribution < 1.29 is 4.79 Å². The summed E-state index contributed by atoms with van der Waals surface area (Å²) in [7, 11) is 0. The van der Waals surface area contributed by atoms with Gasteiger partial charge in [0, 0.05) is 57.9 Å². The highest BCUT2D eigenvalue weighted by Gasteiger charge is 2.16. The second-order valence-electron chi connectivity index (χ2n) is 4.62. The second kappa shape index (κ2) is 9.59. The molecule has 1 aliphatic heterocycles. The SMILES string of the molecule is N#C/C(=C/N1CCN(CCN)CC1)C(=O)NCCCCl. The number of alkyl halides is 1. The van der Waals surface area contributed by atoms with Crippen molar-refractivity contribution in [3.8, 4) is 6.07 Å². The van der Waals surface area contributed by atoms with Gasteiger partial charge in [0.15, 0.2) is 0 Å². The van der Waals surface area contributed by atoms with Crippen LogP contribution in [0.15, 0.2) is 11.8 Å². The van der Waals surface area contributed by atoms with E-state index in [1.165, 1.54) is 0 Å². The third-order valence-corrected chi connectivity index (χ3v) is 3.39. The molecule has 0 aromatic carbocycles. The molecule has 0 atom stereocenters. The van der Waals surface area contributed by atoms with Crippen LogP contribution in [0, 0.1) is 11.3 Å². The topological polar surface area (TPSA) is 85.4 Å². The fourth-order valence-electron chi connectivity index (χ4n) is 1.98. The summed E-state index contributed by atoms with van der Waals surface area (Å²) in [4.78, 5) is 16.1. The number of carbonyl (C=O) groups is 1. The van der Waals surface area contributed by atoms with Crippen LogP contribution < -0.4 is 11.1 Å². The lowest BCUT2D eigenvalue weighted by atomic mass is 10.2. The Kier molecular flexibility index (Phi) is 8.04. The van der Waals surface area contributed by atoms with Crippen LogP contribution in [-0.4, -0.2) is 67.4 Å². The van der Waals surface area contributed by atoms with Crippen molar-refractivity contribution in [2.45, 2.75) is 6.42 Å². The van der Waals surface area contributed by atoms with Gasteiger partial charge in [0.25, 0.3) is 5.91 Å². The standard InChI is InChI=1S/C13H22ClN5O/c14-2-1-4-17-13(20)12(10-16)11-19-8-6-18(5-3-15)7-9-19/h11H,1-9,15H2,(H,17,20)/b12-11-. The molecule has 1 rings (SSSR count). The Bertz CT molecular complexity index is 371. The van der Waals surface area contributed by atoms with Crippen molar-refractivity contribution in [3.63, 3.8) is 0 Å². The molecule has 1 heterocycles. The molecule has 0 unspecified atom stereocenters. The predicted octanol–water partition coefficient (Wildman–Crippen LogP) is -0.285. The third kappa shape index (κ3) is 5.78. The number of carbonyl (C=O) groups excluding carboxylic acids is 1. The summed E-state index contributed by atoms with van der Waals surface area (Å²) in [6.07, 6.45) is 2.35. The lowest BCUT2D eigenvalue weighted by molar-refractivity contribution is -0.117. The number of rotatable bonds is 7. The largest absolute Gasteiger partial charge is 0.374 e. The summed E-state index contributed by atoms with van der Waals surface area (Å²) in [6.45, 7) is 5.45. The molecule has 3 N–H and O–H groups in total. The minimum absolute atomic E-state index is 0.145. The number of nitriles is 1. The van der Waals surface area contributed by atoms with E-state index in [9.17, 15) is 4.79 Å². The molecule has 1 amide bonds. The molecule has 112 valence electrons. The van der Waals surface area contributed by atoms with E-state index >= 15 is 0 Å². The number of halogens is 1. The first kappa shape index (κ1) is 16.8. The average Bonchev–Trinajstić information content (AvgIpc) is 2.47. The molecule has 0 saturated carbocycles. The zero-order valence-electron chi connectivity index (χ0n) is 11.6. The van der Waals surface area contributed by atoms with Crippen LogP contribution in [0.3, 0.4) is 0 Å². The van der Waals surface area contributed by atoms with Crippen molar-refractivity contribution in [2.24, 2.45) is 5.73 Å². The minimum Gasteiger partial charge on any atom is -0.374 e. The van der Waals surface area contributed by atoms with Gasteiger partial charge in [0.05, 0.1) is 0 Å². The zero-order chi connectivity index (χ0) is 14.8. The Hall–Kier alpha value is -1.29. The number of hydrogen-bond acceptors (Lipinski definition) is 5. The summed E-state index contributed by atoms with van der Waals surface area (Å²) < 4.78 is 0. The fraction of sp³-hybridized carbons (Fsp3) is 0.692. The molecule has 0 aliphatic carbocycles. The maximum Gasteiger partial charge on any atom is 0.263 e. The number of nitrogens with zero attached hydrogens (tertiary/aromatic N) is 3. The van der Waals surface area contributed by atoms with E-state index in [0.717, 1.165) is 32.7 Å². The van der Waals surface area contributed by atoms with Gasteiger partial charge in [-0.1, -0.05) is 0 Å². The van der Waals surface area contributed by atoms with Crippen molar-refractivity contribution in [2.75, 3.05) is 51.7 Å². The molecule has 0 radical (unpaired) electrons. The van der Waals surface area contributed by atoms with Gasteiger partial charge in [-0.05, 0) is 6.42 Å². The van der Waals surface area contributed by atoms with Gasteiger partial charge >= 0.3 is 0 Å². The molecule has 1 aliphatic rings. The Morgan fingerprint density at radius 1 is 1.40 bits per heavy atom. The second-order valence-corrected chi connectivity index (χ2v) is 5.00. The number of hydrogen-bond donors (Lipinski definition) is 2. The highest BCUT2D eigenvalue weighted by atomic mass is 35.5. The van der Waals surface area contributed by atoms with E-state index in [1.807, 2.05) is 11.0 Å². The Labute approximate surface area is 125 Å². The molecule has 20 heavy (non-hydrogen) atoms. The third-order valence-electron chi connectivity index (χ3n) is 3.12. The number of piperazine rings is 1. The van der Waals surface area contributed by atoms with Crippen LogP contribution in [0.25, 0.3) is 0 Å². The van der Waals surface area contributed by atoms with Gasteiger partial charge in [-0.3, -0.25) is 9.69 Å². The maximum absolute atomic E-state index is 11.8. The molecule has 0 aromatic rings. The average molecular weight is 300 g/mol. The molecular formula is C13H22ClN5O. The predicted molar refractivity (Wildman–Crippen MR) is 79.1 cm³/mol. The van der Waals surface area contributed by atoms with Crippen LogP contribution >= 0.6 is 11.6 Å². The smallest absolute Gasteiger partial charge is 0.263 e. The van der Waals surface area contributed by atoms with Crippen LogP contribution in [0.1, 0.15) is 6.42 Å². The van der Waals surface area contributed by atoms with Gasteiger partial charge in [-0.25, -0.2) is 0 Å². The molecule has 6 nitrogen and oxygen atoms in total. The van der Waals surface area contributed by atoms with Gasteiger partial charge in [0.1, 0.15) is 11.6 Å². The summed E-state index contributed by atoms with van der Waals surface area (Å²) in [6, 6.07) is 1.95. The van der Waals surface area contributed by atoms with Crippen LogP contribution in [0.4, 0.5) is 0 Å². The normalized spacial score (nSPS) is 16.9. The Balaban J connectivity index is 2.45. The van der Waals surface area contributed by atoms with E-state index in [1.54, 1.807) is 6.20 Å². The van der Waals surface area contributed by atoms with Crippen LogP contribution in [-0.2, 0) is 4.79 Å². The Morgan fingerprint density at radius 3 is 2.65 bits per heavy atom. The van der Waals surface area contributed by atoms with Crippen LogP contribution in [0.2, 0.25) is 0 Å². The number of amides is 1. The first-order valence-corrected chi connectivity index (χ1v) is 7.37. The van der Waals surface area contributed by atoms with Gasteiger partial charge in [0.2, 0.25) is 0 Å². The minimum atomic E-state index is -0.331. The van der Waals surface area contributed by atoms with Crippen molar-refractivity contribution in [1.29, 1.82) is 5.26 Å². The van der Waals surface area contributed by atoms with E-state index in [4.69, 9.17) is 22.6 Å². The van der Waals surface area contributed by atoms with E-state index in [-0.39, 0.29) is 11.5 Å². The summed E-state index contributed by atoms with van der Waals surface area (Å²) >= 11 is 5.54. The summed E-state index contributed by atoms with van der Waals surface area (Å²) in [5.74, 6) is 0.164. The number of nitrogens with one attached hydrogen (secondary N) is 1. The lowest BCUT2D eigenvalue weighted by Crippen LogP contribution is -2.46. The molecule has 1 saturated heterocycles. The molecule has 0 spiro atoms. The monoisotopic (exact) mass is 299 g/mol. The van der Waals surface area contributed by atoms with Gasteiger partial charge < -0.3 is 16.0 Å². The fourth-order valence-corrected chi connectivity index (χ4v) is 2.12. The lowest BCUT2D eigenvalue weighted by Gasteiger charge is -2.33. The van der Waals surface area contributed by atoms with Crippen molar-refractivity contribution >= 4 is 17.5 Å². The van der Waals surface area contributed by atoms with Gasteiger partial charge in [-0.15, -0.1) is 11.6 Å². The maximum atomic E-state index is 11.8. The van der Waals surface area contributed by atoms with Crippen LogP contribution in [0.5, 0.6) is 0 Å². The van der Waals surface area contributed by atoms with E-state index in [0.29, 0.717) is 25.4 Å². The first-order valence-electron chi connectivity index (χ1n) is 6.83. The number of nitrogens with two attached hydrogens (primary N) is 1. The molecule has 7 heteroatoms. The molecule has 1 fully saturated rings. The van der Waals surface area contributed by atoms with E-state index in [2.05, 4.69) is 10.2 Å². The molecule has 0 aromatic heterocycles. The molecular weight excluding hydrogens is 278 g/mol. The highest BCUT2D eigenvalue weighted by Crippen LogP contribution is 2.04. The first-order chi connectivity index (χ1) is 9.71. The zero-order valence-corrected chi connectivity index (χ0v) is 12.4. The highest BCUT2D eigenvalue weighted by molar-refractivity contribution is 6.17.